The van der Waals surface area contributed by atoms with E-state index in [4.69, 9.17) is 4.84 Å². The lowest BCUT2D eigenvalue weighted by Gasteiger charge is -2.06. The molecule has 0 saturated carbocycles. The molecule has 0 bridgehead atoms. The highest BCUT2D eigenvalue weighted by molar-refractivity contribution is 5.78. The van der Waals surface area contributed by atoms with Gasteiger partial charge in [-0.05, 0) is 23.8 Å². The fourth-order valence-electron chi connectivity index (χ4n) is 2.45. The molecular weight excluding hydrogens is 352 g/mol. The molecule has 0 saturated heterocycles. The molecular formula is C18H14N4O5. The van der Waals surface area contributed by atoms with Crippen molar-refractivity contribution in [2.75, 3.05) is 0 Å². The van der Waals surface area contributed by atoms with Crippen LogP contribution in [0.25, 0.3) is 5.69 Å². The van der Waals surface area contributed by atoms with E-state index in [-0.39, 0.29) is 18.0 Å². The van der Waals surface area contributed by atoms with Gasteiger partial charge < -0.3 is 9.40 Å². The molecule has 0 aliphatic heterocycles. The Labute approximate surface area is 153 Å². The van der Waals surface area contributed by atoms with Crippen LogP contribution in [0.4, 0.5) is 11.4 Å². The number of oxime groups is 1. The standard InChI is InChI=1S/C18H14N4O5/c23-21(24)16-6-1-4-14(10-16)13-27-19-12-18-8-3-9-20(18)15-5-2-7-17(11-15)22(25)26/h1-12H,13H2/b19-12-. The molecule has 0 N–H and O–H groups in total. The fourth-order valence-corrected chi connectivity index (χ4v) is 2.45. The van der Waals surface area contributed by atoms with Crippen LogP contribution >= 0.6 is 0 Å². The molecule has 9 heteroatoms. The molecule has 0 unspecified atom stereocenters. The number of non-ortho nitro benzene ring substituents is 2. The number of rotatable bonds is 7. The van der Waals surface area contributed by atoms with E-state index in [2.05, 4.69) is 5.16 Å². The minimum atomic E-state index is -0.474. The van der Waals surface area contributed by atoms with Gasteiger partial charge in [0.1, 0.15) is 6.61 Å². The predicted octanol–water partition coefficient (Wildman–Crippen LogP) is 3.84. The molecule has 0 fully saturated rings. The zero-order valence-corrected chi connectivity index (χ0v) is 14.0. The van der Waals surface area contributed by atoms with Gasteiger partial charge in [0, 0.05) is 30.5 Å². The minimum absolute atomic E-state index is 0.00832. The zero-order valence-electron chi connectivity index (χ0n) is 14.0. The van der Waals surface area contributed by atoms with E-state index in [9.17, 15) is 20.2 Å². The zero-order chi connectivity index (χ0) is 19.2. The van der Waals surface area contributed by atoms with Gasteiger partial charge in [0.15, 0.2) is 0 Å². The predicted molar refractivity (Wildman–Crippen MR) is 97.9 cm³/mol. The van der Waals surface area contributed by atoms with Crippen LogP contribution in [0.5, 0.6) is 0 Å². The normalized spacial score (nSPS) is 10.8. The fraction of sp³-hybridized carbons (Fsp3) is 0.0556. The van der Waals surface area contributed by atoms with Crippen LogP contribution in [0.15, 0.2) is 72.0 Å². The van der Waals surface area contributed by atoms with Gasteiger partial charge in [0.25, 0.3) is 11.4 Å². The highest BCUT2D eigenvalue weighted by Gasteiger charge is 2.09. The molecule has 0 amide bonds. The molecule has 0 aliphatic carbocycles. The highest BCUT2D eigenvalue weighted by atomic mass is 16.6. The summed E-state index contributed by atoms with van der Waals surface area (Å²) in [7, 11) is 0. The van der Waals surface area contributed by atoms with Gasteiger partial charge in [0.05, 0.1) is 27.4 Å². The van der Waals surface area contributed by atoms with Crippen LogP contribution in [-0.2, 0) is 11.4 Å². The number of aromatic nitrogens is 1. The summed E-state index contributed by atoms with van der Waals surface area (Å²) < 4.78 is 1.73. The Kier molecular flexibility index (Phi) is 5.22. The molecule has 1 aromatic heterocycles. The van der Waals surface area contributed by atoms with Crippen molar-refractivity contribution in [2.45, 2.75) is 6.61 Å². The van der Waals surface area contributed by atoms with Crippen LogP contribution in [0.3, 0.4) is 0 Å². The largest absolute Gasteiger partial charge is 0.391 e. The van der Waals surface area contributed by atoms with Gasteiger partial charge in [-0.1, -0.05) is 23.4 Å². The Morgan fingerprint density at radius 2 is 1.67 bits per heavy atom. The average Bonchev–Trinajstić information content (AvgIpc) is 3.14. The second-order valence-corrected chi connectivity index (χ2v) is 5.51. The maximum absolute atomic E-state index is 10.9. The smallest absolute Gasteiger partial charge is 0.271 e. The topological polar surface area (TPSA) is 113 Å². The summed E-state index contributed by atoms with van der Waals surface area (Å²) in [6, 6.07) is 15.9. The van der Waals surface area contributed by atoms with Crippen LogP contribution in [-0.4, -0.2) is 20.6 Å². The molecule has 1 heterocycles. The van der Waals surface area contributed by atoms with E-state index < -0.39 is 9.85 Å². The number of nitrogens with zero attached hydrogens (tertiary/aromatic N) is 4. The van der Waals surface area contributed by atoms with E-state index >= 15 is 0 Å². The van der Waals surface area contributed by atoms with E-state index in [0.29, 0.717) is 16.9 Å². The number of nitro benzene ring substituents is 2. The Morgan fingerprint density at radius 1 is 0.963 bits per heavy atom. The first-order valence-corrected chi connectivity index (χ1v) is 7.85. The first kappa shape index (κ1) is 17.8. The Balaban J connectivity index is 1.70. The summed E-state index contributed by atoms with van der Waals surface area (Å²) >= 11 is 0. The second-order valence-electron chi connectivity index (χ2n) is 5.51. The summed E-state index contributed by atoms with van der Waals surface area (Å²) in [5, 5.41) is 25.6. The van der Waals surface area contributed by atoms with E-state index in [1.54, 1.807) is 47.2 Å². The number of hydrogen-bond acceptors (Lipinski definition) is 6. The van der Waals surface area contributed by atoms with Crippen molar-refractivity contribution in [1.29, 1.82) is 0 Å². The molecule has 0 aliphatic rings. The van der Waals surface area contributed by atoms with Crippen molar-refractivity contribution < 1.29 is 14.7 Å². The van der Waals surface area contributed by atoms with E-state index in [0.717, 1.165) is 0 Å². The maximum atomic E-state index is 10.9. The average molecular weight is 366 g/mol. The lowest BCUT2D eigenvalue weighted by molar-refractivity contribution is -0.385. The van der Waals surface area contributed by atoms with E-state index in [1.165, 1.54) is 30.5 Å². The number of hydrogen-bond donors (Lipinski definition) is 0. The highest BCUT2D eigenvalue weighted by Crippen LogP contribution is 2.18. The molecule has 3 rings (SSSR count). The van der Waals surface area contributed by atoms with Crippen LogP contribution in [0.2, 0.25) is 0 Å². The molecule has 27 heavy (non-hydrogen) atoms. The lowest BCUT2D eigenvalue weighted by Crippen LogP contribution is -1.99. The second kappa shape index (κ2) is 7.91. The number of nitro groups is 2. The van der Waals surface area contributed by atoms with Crippen LogP contribution in [0.1, 0.15) is 11.3 Å². The molecule has 0 spiro atoms. The van der Waals surface area contributed by atoms with Crippen molar-refractivity contribution in [2.24, 2.45) is 5.16 Å². The third-order valence-corrected chi connectivity index (χ3v) is 3.71. The molecule has 3 aromatic rings. The summed E-state index contributed by atoms with van der Waals surface area (Å²) in [6.45, 7) is 0.0791. The minimum Gasteiger partial charge on any atom is -0.391 e. The summed E-state index contributed by atoms with van der Waals surface area (Å²) in [5.41, 5.74) is 1.88. The first-order valence-electron chi connectivity index (χ1n) is 7.85. The molecule has 0 radical (unpaired) electrons. The molecule has 9 nitrogen and oxygen atoms in total. The van der Waals surface area contributed by atoms with Crippen LogP contribution < -0.4 is 0 Å². The van der Waals surface area contributed by atoms with Gasteiger partial charge in [-0.25, -0.2) is 0 Å². The first-order chi connectivity index (χ1) is 13.0. The SMILES string of the molecule is O=[N+]([O-])c1cccc(CO/N=C\c2cccn2-c2cccc([N+](=O)[O-])c2)c1. The number of benzene rings is 2. The van der Waals surface area contributed by atoms with Gasteiger partial charge in [-0.2, -0.15) is 0 Å². The Morgan fingerprint density at radius 3 is 2.41 bits per heavy atom. The van der Waals surface area contributed by atoms with Crippen LogP contribution in [0, 0.1) is 20.2 Å². The quantitative estimate of drug-likeness (QED) is 0.358. The third kappa shape index (κ3) is 4.34. The van der Waals surface area contributed by atoms with Gasteiger partial charge >= 0.3 is 0 Å². The molecule has 136 valence electrons. The van der Waals surface area contributed by atoms with Crippen molar-refractivity contribution >= 4 is 17.6 Å². The van der Waals surface area contributed by atoms with Crippen molar-refractivity contribution in [3.63, 3.8) is 0 Å². The Bertz CT molecular complexity index is 1010. The third-order valence-electron chi connectivity index (χ3n) is 3.71. The van der Waals surface area contributed by atoms with Crippen molar-refractivity contribution in [3.05, 3.63) is 98.3 Å². The van der Waals surface area contributed by atoms with Gasteiger partial charge in [0.2, 0.25) is 0 Å². The summed E-state index contributed by atoms with van der Waals surface area (Å²) in [5.74, 6) is 0. The van der Waals surface area contributed by atoms with Crippen molar-refractivity contribution in [3.8, 4) is 5.69 Å². The van der Waals surface area contributed by atoms with E-state index in [1.807, 2.05) is 0 Å². The summed E-state index contributed by atoms with van der Waals surface area (Å²) in [6.07, 6.45) is 3.22. The van der Waals surface area contributed by atoms with Gasteiger partial charge in [-0.3, -0.25) is 20.2 Å². The molecule has 2 aromatic carbocycles. The van der Waals surface area contributed by atoms with Crippen molar-refractivity contribution in [1.82, 2.24) is 4.57 Å². The maximum Gasteiger partial charge on any atom is 0.271 e. The monoisotopic (exact) mass is 366 g/mol. The van der Waals surface area contributed by atoms with Gasteiger partial charge in [-0.15, -0.1) is 0 Å². The lowest BCUT2D eigenvalue weighted by atomic mass is 10.2. The molecule has 0 atom stereocenters. The Hall–Kier alpha value is -4.01. The summed E-state index contributed by atoms with van der Waals surface area (Å²) in [4.78, 5) is 26.0.